The Morgan fingerprint density at radius 1 is 1.42 bits per heavy atom. The van der Waals surface area contributed by atoms with Crippen molar-refractivity contribution in [1.82, 2.24) is 0 Å². The summed E-state index contributed by atoms with van der Waals surface area (Å²) in [6.45, 7) is 5.54. The molecule has 0 aromatic heterocycles. The highest BCUT2D eigenvalue weighted by Crippen LogP contribution is 2.05. The third kappa shape index (κ3) is 5.86. The van der Waals surface area contributed by atoms with Gasteiger partial charge < -0.3 is 0 Å². The van der Waals surface area contributed by atoms with Crippen LogP contribution in [0.4, 0.5) is 0 Å². The van der Waals surface area contributed by atoms with Gasteiger partial charge in [0.05, 0.1) is 0 Å². The van der Waals surface area contributed by atoms with E-state index in [2.05, 4.69) is 22.5 Å². The zero-order chi connectivity index (χ0) is 9.40. The maximum absolute atomic E-state index is 9.99. The smallest absolute Gasteiger partial charge is 0.142 e. The first-order chi connectivity index (χ1) is 5.70. The fraction of sp³-hybridized carbons (Fsp3) is 0.100. The minimum atomic E-state index is 0.738. The number of halogens is 1. The lowest BCUT2D eigenvalue weighted by molar-refractivity contribution is -0.104. The van der Waals surface area contributed by atoms with Gasteiger partial charge in [0, 0.05) is 0 Å². The van der Waals surface area contributed by atoms with E-state index in [1.807, 2.05) is 19.1 Å². The van der Waals surface area contributed by atoms with Crippen LogP contribution >= 0.6 is 15.9 Å². The van der Waals surface area contributed by atoms with Crippen molar-refractivity contribution in [2.75, 3.05) is 0 Å². The van der Waals surface area contributed by atoms with E-state index in [1.165, 1.54) is 6.08 Å². The Balaban J connectivity index is 4.43. The van der Waals surface area contributed by atoms with Gasteiger partial charge in [-0.15, -0.1) is 0 Å². The Bertz CT molecular complexity index is 243. The second kappa shape index (κ2) is 6.80. The van der Waals surface area contributed by atoms with Crippen LogP contribution in [-0.4, -0.2) is 6.29 Å². The molecule has 0 aromatic rings. The van der Waals surface area contributed by atoms with E-state index in [0.717, 1.165) is 16.3 Å². The van der Waals surface area contributed by atoms with Crippen LogP contribution in [0.1, 0.15) is 6.92 Å². The molecule has 0 fully saturated rings. The number of carbonyl (C=O) groups excluding carboxylic acids is 1. The SMILES string of the molecule is C=CC(/C=C/C=O)=C\C=C(/C)Br. The first-order valence-corrected chi connectivity index (χ1v) is 4.28. The van der Waals surface area contributed by atoms with Crippen LogP contribution in [0.3, 0.4) is 0 Å². The third-order valence-corrected chi connectivity index (χ3v) is 1.37. The number of aldehydes is 1. The molecule has 0 aromatic carbocycles. The second-order valence-electron chi connectivity index (χ2n) is 2.12. The van der Waals surface area contributed by atoms with Gasteiger partial charge in [0.1, 0.15) is 6.29 Å². The lowest BCUT2D eigenvalue weighted by Gasteiger charge is -1.88. The largest absolute Gasteiger partial charge is 0.299 e. The van der Waals surface area contributed by atoms with Crippen molar-refractivity contribution >= 4 is 22.2 Å². The normalized spacial score (nSPS) is 13.5. The molecule has 0 atom stereocenters. The molecule has 0 rings (SSSR count). The van der Waals surface area contributed by atoms with Gasteiger partial charge in [-0.3, -0.25) is 4.79 Å². The number of carbonyl (C=O) groups is 1. The van der Waals surface area contributed by atoms with E-state index >= 15 is 0 Å². The van der Waals surface area contributed by atoms with Crippen LogP contribution < -0.4 is 0 Å². The van der Waals surface area contributed by atoms with E-state index in [4.69, 9.17) is 0 Å². The van der Waals surface area contributed by atoms with Crippen LogP contribution in [-0.2, 0) is 4.79 Å². The molecule has 0 saturated carbocycles. The summed E-state index contributed by atoms with van der Waals surface area (Å²) in [4.78, 5) is 9.99. The van der Waals surface area contributed by atoms with Crippen molar-refractivity contribution in [2.24, 2.45) is 0 Å². The lowest BCUT2D eigenvalue weighted by atomic mass is 10.2. The van der Waals surface area contributed by atoms with Crippen LogP contribution in [0.25, 0.3) is 0 Å². The average molecular weight is 227 g/mol. The predicted octanol–water partition coefficient (Wildman–Crippen LogP) is 3.15. The molecule has 0 bridgehead atoms. The summed E-state index contributed by atoms with van der Waals surface area (Å²) in [5.74, 6) is 0. The van der Waals surface area contributed by atoms with Crippen molar-refractivity contribution in [2.45, 2.75) is 6.92 Å². The fourth-order valence-electron chi connectivity index (χ4n) is 0.553. The molecule has 0 unspecified atom stereocenters. The summed E-state index contributed by atoms with van der Waals surface area (Å²) in [5.41, 5.74) is 0.904. The summed E-state index contributed by atoms with van der Waals surface area (Å²) < 4.78 is 1.03. The van der Waals surface area contributed by atoms with Gasteiger partial charge in [0.2, 0.25) is 0 Å². The van der Waals surface area contributed by atoms with Gasteiger partial charge in [0.25, 0.3) is 0 Å². The van der Waals surface area contributed by atoms with Crippen molar-refractivity contribution in [3.05, 3.63) is 47.0 Å². The summed E-state index contributed by atoms with van der Waals surface area (Å²) in [6, 6.07) is 0. The van der Waals surface area contributed by atoms with Crippen LogP contribution in [0.5, 0.6) is 0 Å². The van der Waals surface area contributed by atoms with Gasteiger partial charge in [-0.2, -0.15) is 0 Å². The van der Waals surface area contributed by atoms with Gasteiger partial charge in [-0.05, 0) is 23.1 Å². The molecule has 0 heterocycles. The molecule has 0 radical (unpaired) electrons. The Hall–Kier alpha value is -0.890. The molecule has 0 aliphatic heterocycles. The molecular weight excluding hydrogens is 216 g/mol. The van der Waals surface area contributed by atoms with Gasteiger partial charge >= 0.3 is 0 Å². The number of rotatable bonds is 4. The second-order valence-corrected chi connectivity index (χ2v) is 3.37. The van der Waals surface area contributed by atoms with Crippen molar-refractivity contribution < 1.29 is 4.79 Å². The first-order valence-electron chi connectivity index (χ1n) is 3.49. The fourth-order valence-corrected chi connectivity index (χ4v) is 0.685. The number of hydrogen-bond acceptors (Lipinski definition) is 1. The molecule has 0 spiro atoms. The van der Waals surface area contributed by atoms with Crippen LogP contribution in [0, 0.1) is 0 Å². The monoisotopic (exact) mass is 226 g/mol. The van der Waals surface area contributed by atoms with Gasteiger partial charge in [0.15, 0.2) is 0 Å². The molecule has 0 aliphatic carbocycles. The van der Waals surface area contributed by atoms with E-state index in [-0.39, 0.29) is 0 Å². The molecule has 0 N–H and O–H groups in total. The highest BCUT2D eigenvalue weighted by atomic mass is 79.9. The summed E-state index contributed by atoms with van der Waals surface area (Å²) in [6.07, 6.45) is 9.33. The Morgan fingerprint density at radius 2 is 2.08 bits per heavy atom. The maximum Gasteiger partial charge on any atom is 0.142 e. The maximum atomic E-state index is 9.99. The van der Waals surface area contributed by atoms with E-state index in [9.17, 15) is 4.79 Å². The Kier molecular flexibility index (Phi) is 6.29. The van der Waals surface area contributed by atoms with Crippen molar-refractivity contribution in [1.29, 1.82) is 0 Å². The Morgan fingerprint density at radius 3 is 2.50 bits per heavy atom. The topological polar surface area (TPSA) is 17.1 Å². The van der Waals surface area contributed by atoms with E-state index in [1.54, 1.807) is 12.2 Å². The summed E-state index contributed by atoms with van der Waals surface area (Å²) >= 11 is 3.29. The van der Waals surface area contributed by atoms with Gasteiger partial charge in [-0.1, -0.05) is 46.8 Å². The minimum Gasteiger partial charge on any atom is -0.299 e. The molecular formula is C10H11BrO. The molecule has 0 aliphatic rings. The lowest BCUT2D eigenvalue weighted by Crippen LogP contribution is -1.70. The zero-order valence-corrected chi connectivity index (χ0v) is 8.54. The van der Waals surface area contributed by atoms with Crippen LogP contribution in [0.2, 0.25) is 0 Å². The standard InChI is InChI=1S/C10H11BrO/c1-3-10(5-4-8-12)7-6-9(2)11/h3-8H,1H2,2H3/b5-4+,9-6+,10-7+. The predicted molar refractivity (Wildman–Crippen MR) is 56.2 cm³/mol. The minimum absolute atomic E-state index is 0.738. The van der Waals surface area contributed by atoms with Gasteiger partial charge in [-0.25, -0.2) is 0 Å². The zero-order valence-electron chi connectivity index (χ0n) is 6.96. The van der Waals surface area contributed by atoms with Crippen molar-refractivity contribution in [3.63, 3.8) is 0 Å². The molecule has 2 heteroatoms. The molecule has 12 heavy (non-hydrogen) atoms. The molecule has 0 amide bonds. The number of hydrogen-bond donors (Lipinski definition) is 0. The Labute approximate surface area is 81.3 Å². The van der Waals surface area contributed by atoms with E-state index < -0.39 is 0 Å². The first kappa shape index (κ1) is 11.1. The molecule has 0 saturated heterocycles. The number of allylic oxidation sites excluding steroid dienone is 7. The van der Waals surface area contributed by atoms with Crippen LogP contribution in [0.15, 0.2) is 47.0 Å². The highest BCUT2D eigenvalue weighted by Gasteiger charge is 1.81. The average Bonchev–Trinajstić information content (AvgIpc) is 2.05. The summed E-state index contributed by atoms with van der Waals surface area (Å²) in [5, 5.41) is 0. The quantitative estimate of drug-likeness (QED) is 0.409. The summed E-state index contributed by atoms with van der Waals surface area (Å²) in [7, 11) is 0. The molecule has 64 valence electrons. The third-order valence-electron chi connectivity index (χ3n) is 1.11. The molecule has 1 nitrogen and oxygen atoms in total. The van der Waals surface area contributed by atoms with Crippen molar-refractivity contribution in [3.8, 4) is 0 Å². The highest BCUT2D eigenvalue weighted by molar-refractivity contribution is 9.11. The van der Waals surface area contributed by atoms with E-state index in [0.29, 0.717) is 0 Å².